The number of unbranched alkanes of at least 4 members (excludes halogenated alkanes) is 3. The normalized spacial score (nSPS) is 12.2. The summed E-state index contributed by atoms with van der Waals surface area (Å²) in [6, 6.07) is 5.33. The molecule has 0 spiro atoms. The molecule has 9 nitrogen and oxygen atoms in total. The number of carboxylic acid groups (broad SMARTS) is 1. The fraction of sp³-hybridized carbons (Fsp3) is 0.500. The van der Waals surface area contributed by atoms with Crippen molar-refractivity contribution in [2.75, 3.05) is 6.61 Å². The number of carboxylic acids is 1. The van der Waals surface area contributed by atoms with Gasteiger partial charge < -0.3 is 19.4 Å². The largest absolute Gasteiger partial charge is 0.491 e. The number of nitrogens with zero attached hydrogens (tertiary/aromatic N) is 3. The maximum absolute atomic E-state index is 12.5. The van der Waals surface area contributed by atoms with Gasteiger partial charge in [0.1, 0.15) is 24.0 Å². The van der Waals surface area contributed by atoms with Gasteiger partial charge in [-0.25, -0.2) is 9.48 Å². The first-order valence-electron chi connectivity index (χ1n) is 11.4. The predicted octanol–water partition coefficient (Wildman–Crippen LogP) is 3.27. The lowest BCUT2D eigenvalue weighted by atomic mass is 10.0. The molecule has 0 amide bonds. The SMILES string of the molecule is CCCCCCc1c(C)c2ccc(OCC(O)Cn3cc(CCC(=O)O)nn3)cc2oc1=O. The van der Waals surface area contributed by atoms with Gasteiger partial charge in [0.25, 0.3) is 0 Å². The third-order valence-electron chi connectivity index (χ3n) is 5.56. The highest BCUT2D eigenvalue weighted by Gasteiger charge is 2.13. The van der Waals surface area contributed by atoms with E-state index < -0.39 is 12.1 Å². The number of aryl methyl sites for hydroxylation is 2. The molecule has 0 saturated carbocycles. The van der Waals surface area contributed by atoms with E-state index in [2.05, 4.69) is 17.2 Å². The van der Waals surface area contributed by atoms with Crippen molar-refractivity contribution < 1.29 is 24.2 Å². The van der Waals surface area contributed by atoms with Crippen LogP contribution in [0.3, 0.4) is 0 Å². The van der Waals surface area contributed by atoms with Crippen LogP contribution in [0.5, 0.6) is 5.75 Å². The Kier molecular flexibility index (Phi) is 8.59. The zero-order valence-electron chi connectivity index (χ0n) is 19.1. The number of fused-ring (bicyclic) bond motifs is 1. The molecule has 1 unspecified atom stereocenters. The topological polar surface area (TPSA) is 128 Å². The third-order valence-corrected chi connectivity index (χ3v) is 5.56. The zero-order chi connectivity index (χ0) is 23.8. The van der Waals surface area contributed by atoms with E-state index in [0.717, 1.165) is 48.6 Å². The van der Waals surface area contributed by atoms with Crippen molar-refractivity contribution in [2.45, 2.75) is 71.4 Å². The summed E-state index contributed by atoms with van der Waals surface area (Å²) in [5.74, 6) is -0.414. The van der Waals surface area contributed by atoms with Gasteiger partial charge in [-0.15, -0.1) is 5.10 Å². The van der Waals surface area contributed by atoms with Crippen molar-refractivity contribution in [3.8, 4) is 5.75 Å². The van der Waals surface area contributed by atoms with Crippen LogP contribution in [0.2, 0.25) is 0 Å². The van der Waals surface area contributed by atoms with Gasteiger partial charge >= 0.3 is 11.6 Å². The molecule has 0 aliphatic carbocycles. The summed E-state index contributed by atoms with van der Waals surface area (Å²) in [7, 11) is 0. The van der Waals surface area contributed by atoms with Crippen molar-refractivity contribution in [3.05, 3.63) is 51.6 Å². The van der Waals surface area contributed by atoms with Gasteiger partial charge in [0.05, 0.1) is 18.7 Å². The Morgan fingerprint density at radius 3 is 2.82 bits per heavy atom. The lowest BCUT2D eigenvalue weighted by Gasteiger charge is -2.13. The van der Waals surface area contributed by atoms with E-state index in [1.165, 1.54) is 4.68 Å². The number of aliphatic hydroxyl groups is 1. The maximum Gasteiger partial charge on any atom is 0.339 e. The number of benzene rings is 1. The molecule has 3 aromatic rings. The van der Waals surface area contributed by atoms with E-state index in [9.17, 15) is 14.7 Å². The number of aliphatic carboxylic acids is 1. The van der Waals surface area contributed by atoms with E-state index in [-0.39, 0.29) is 31.6 Å². The molecule has 0 fully saturated rings. The van der Waals surface area contributed by atoms with Crippen molar-refractivity contribution >= 4 is 16.9 Å². The highest BCUT2D eigenvalue weighted by Crippen LogP contribution is 2.25. The minimum absolute atomic E-state index is 0.00848. The van der Waals surface area contributed by atoms with Crippen LogP contribution in [0.25, 0.3) is 11.0 Å². The first-order valence-corrected chi connectivity index (χ1v) is 11.4. The average molecular weight is 458 g/mol. The molecule has 0 aliphatic rings. The molecule has 2 heterocycles. The first kappa shape index (κ1) is 24.4. The fourth-order valence-corrected chi connectivity index (χ4v) is 3.72. The highest BCUT2D eigenvalue weighted by molar-refractivity contribution is 5.82. The van der Waals surface area contributed by atoms with Crippen LogP contribution in [0, 0.1) is 6.92 Å². The third kappa shape index (κ3) is 6.89. The van der Waals surface area contributed by atoms with Gasteiger partial charge in [-0.2, -0.15) is 0 Å². The Morgan fingerprint density at radius 1 is 1.24 bits per heavy atom. The number of aromatic nitrogens is 3. The highest BCUT2D eigenvalue weighted by atomic mass is 16.5. The maximum atomic E-state index is 12.5. The molecule has 0 aliphatic heterocycles. The molecule has 1 aromatic carbocycles. The fourth-order valence-electron chi connectivity index (χ4n) is 3.72. The van der Waals surface area contributed by atoms with Crippen LogP contribution in [0.15, 0.2) is 33.6 Å². The summed E-state index contributed by atoms with van der Waals surface area (Å²) >= 11 is 0. The quantitative estimate of drug-likeness (QED) is 0.296. The second-order valence-electron chi connectivity index (χ2n) is 8.25. The molecule has 9 heteroatoms. The Labute approximate surface area is 192 Å². The molecular weight excluding hydrogens is 426 g/mol. The summed E-state index contributed by atoms with van der Waals surface area (Å²) in [5, 5.41) is 27.7. The Morgan fingerprint density at radius 2 is 2.06 bits per heavy atom. The molecule has 2 N–H and O–H groups in total. The van der Waals surface area contributed by atoms with Crippen molar-refractivity contribution in [2.24, 2.45) is 0 Å². The molecule has 33 heavy (non-hydrogen) atoms. The van der Waals surface area contributed by atoms with E-state index >= 15 is 0 Å². The summed E-state index contributed by atoms with van der Waals surface area (Å²) in [6.45, 7) is 4.27. The number of ether oxygens (including phenoxy) is 1. The molecule has 1 atom stereocenters. The van der Waals surface area contributed by atoms with Crippen LogP contribution in [-0.2, 0) is 24.2 Å². The predicted molar refractivity (Wildman–Crippen MR) is 123 cm³/mol. The second-order valence-corrected chi connectivity index (χ2v) is 8.25. The molecule has 0 saturated heterocycles. The van der Waals surface area contributed by atoms with Gasteiger partial charge in [0.15, 0.2) is 0 Å². The van der Waals surface area contributed by atoms with Gasteiger partial charge in [-0.3, -0.25) is 4.79 Å². The Hall–Kier alpha value is -3.20. The van der Waals surface area contributed by atoms with E-state index in [1.54, 1.807) is 18.3 Å². The van der Waals surface area contributed by atoms with E-state index in [4.69, 9.17) is 14.3 Å². The van der Waals surface area contributed by atoms with Crippen molar-refractivity contribution in [1.29, 1.82) is 0 Å². The van der Waals surface area contributed by atoms with Crippen LogP contribution in [0.4, 0.5) is 0 Å². The smallest absolute Gasteiger partial charge is 0.339 e. The first-order chi connectivity index (χ1) is 15.9. The van der Waals surface area contributed by atoms with Gasteiger partial charge in [-0.1, -0.05) is 31.4 Å². The summed E-state index contributed by atoms with van der Waals surface area (Å²) in [6.07, 6.45) is 6.11. The summed E-state index contributed by atoms with van der Waals surface area (Å²) in [4.78, 5) is 23.1. The molecule has 3 rings (SSSR count). The van der Waals surface area contributed by atoms with Crippen LogP contribution < -0.4 is 10.4 Å². The Bertz CT molecular complexity index is 1140. The van der Waals surface area contributed by atoms with E-state index in [1.807, 2.05) is 13.0 Å². The zero-order valence-corrected chi connectivity index (χ0v) is 19.1. The van der Waals surface area contributed by atoms with Crippen LogP contribution in [-0.4, -0.2) is 43.9 Å². The standard InChI is InChI=1S/C24H31N3O6/c1-3-4-5-6-7-21-16(2)20-10-9-19(12-22(20)33-24(21)31)32-15-18(28)14-27-13-17(25-26-27)8-11-23(29)30/h9-10,12-13,18,28H,3-8,11,14-15H2,1-2H3,(H,29,30). The number of aliphatic hydroxyl groups excluding tert-OH is 1. The minimum Gasteiger partial charge on any atom is -0.491 e. The lowest BCUT2D eigenvalue weighted by Crippen LogP contribution is -2.24. The summed E-state index contributed by atoms with van der Waals surface area (Å²) in [5.41, 5.74) is 2.38. The van der Waals surface area contributed by atoms with Crippen LogP contribution in [0.1, 0.15) is 55.8 Å². The minimum atomic E-state index is -0.900. The number of carbonyl (C=O) groups is 1. The number of hydrogen-bond acceptors (Lipinski definition) is 7. The van der Waals surface area contributed by atoms with Gasteiger partial charge in [0, 0.05) is 29.6 Å². The molecule has 2 aromatic heterocycles. The average Bonchev–Trinajstić information content (AvgIpc) is 3.22. The van der Waals surface area contributed by atoms with Gasteiger partial charge in [-0.05, 0) is 37.5 Å². The van der Waals surface area contributed by atoms with Crippen molar-refractivity contribution in [1.82, 2.24) is 15.0 Å². The van der Waals surface area contributed by atoms with Crippen molar-refractivity contribution in [3.63, 3.8) is 0 Å². The van der Waals surface area contributed by atoms with Gasteiger partial charge in [0.2, 0.25) is 0 Å². The number of rotatable bonds is 13. The van der Waals surface area contributed by atoms with Crippen LogP contribution >= 0.6 is 0 Å². The molecule has 178 valence electrons. The molecular formula is C24H31N3O6. The lowest BCUT2D eigenvalue weighted by molar-refractivity contribution is -0.136. The monoisotopic (exact) mass is 457 g/mol. The summed E-state index contributed by atoms with van der Waals surface area (Å²) < 4.78 is 12.7. The molecule has 0 bridgehead atoms. The number of hydrogen-bond donors (Lipinski definition) is 2. The molecule has 0 radical (unpaired) electrons. The second kappa shape index (κ2) is 11.6. The Balaban J connectivity index is 1.59. The van der Waals surface area contributed by atoms with E-state index in [0.29, 0.717) is 17.0 Å².